The maximum Gasteiger partial charge on any atom is 0.166 e. The molecule has 2 rings (SSSR count). The second-order valence-corrected chi connectivity index (χ2v) is 4.92. The van der Waals surface area contributed by atoms with E-state index in [1.165, 1.54) is 6.07 Å². The van der Waals surface area contributed by atoms with Gasteiger partial charge in [0.1, 0.15) is 5.82 Å². The molecule has 0 fully saturated rings. The van der Waals surface area contributed by atoms with Gasteiger partial charge in [-0.15, -0.1) is 0 Å². The van der Waals surface area contributed by atoms with Crippen molar-refractivity contribution in [3.8, 4) is 0 Å². The highest BCUT2D eigenvalue weighted by Gasteiger charge is 2.34. The summed E-state index contributed by atoms with van der Waals surface area (Å²) in [5, 5.41) is 0. The zero-order chi connectivity index (χ0) is 11.2. The van der Waals surface area contributed by atoms with Gasteiger partial charge in [-0.05, 0) is 36.0 Å². The summed E-state index contributed by atoms with van der Waals surface area (Å²) in [6, 6.07) is 3.15. The molecule has 0 amide bonds. The van der Waals surface area contributed by atoms with Gasteiger partial charge in [0, 0.05) is 6.42 Å². The summed E-state index contributed by atoms with van der Waals surface area (Å²) in [5.74, 6) is -0.418. The van der Waals surface area contributed by atoms with Gasteiger partial charge in [0.2, 0.25) is 0 Å². The average Bonchev–Trinajstić information content (AvgIpc) is 2.16. The number of carbonyl (C=O) groups excluding carboxylic acids is 1. The molecule has 0 aliphatic heterocycles. The molecule has 0 saturated heterocycles. The molecule has 1 nitrogen and oxygen atoms in total. The molecule has 1 aromatic rings. The molecule has 0 spiro atoms. The van der Waals surface area contributed by atoms with Crippen LogP contribution in [0.4, 0.5) is 4.39 Å². The van der Waals surface area contributed by atoms with Crippen LogP contribution in [-0.2, 0) is 5.41 Å². The number of halogens is 1. The van der Waals surface area contributed by atoms with Gasteiger partial charge in [-0.3, -0.25) is 4.79 Å². The normalized spacial score (nSPS) is 18.8. The summed E-state index contributed by atoms with van der Waals surface area (Å²) < 4.78 is 13.6. The van der Waals surface area contributed by atoms with Crippen LogP contribution >= 0.6 is 0 Å². The van der Waals surface area contributed by atoms with Crippen molar-refractivity contribution in [1.82, 2.24) is 0 Å². The van der Waals surface area contributed by atoms with Gasteiger partial charge in [0.25, 0.3) is 0 Å². The van der Waals surface area contributed by atoms with Gasteiger partial charge in [-0.2, -0.15) is 0 Å². The summed E-state index contributed by atoms with van der Waals surface area (Å²) in [4.78, 5) is 11.7. The molecule has 2 heteroatoms. The predicted octanol–water partition coefficient (Wildman–Crippen LogP) is 3.39. The Morgan fingerprint density at radius 2 is 2.00 bits per heavy atom. The summed E-state index contributed by atoms with van der Waals surface area (Å²) in [7, 11) is 0. The first-order valence-corrected chi connectivity index (χ1v) is 5.26. The van der Waals surface area contributed by atoms with E-state index in [4.69, 9.17) is 0 Å². The predicted molar refractivity (Wildman–Crippen MR) is 57.7 cm³/mol. The first kappa shape index (κ1) is 10.3. The van der Waals surface area contributed by atoms with Crippen molar-refractivity contribution in [1.29, 1.82) is 0 Å². The highest BCUT2D eigenvalue weighted by Crippen LogP contribution is 2.39. The van der Waals surface area contributed by atoms with Crippen molar-refractivity contribution in [2.24, 2.45) is 0 Å². The smallest absolute Gasteiger partial charge is 0.166 e. The van der Waals surface area contributed by atoms with Crippen LogP contribution in [0.25, 0.3) is 0 Å². The van der Waals surface area contributed by atoms with Gasteiger partial charge in [-0.25, -0.2) is 4.39 Å². The Kier molecular flexibility index (Phi) is 2.18. The largest absolute Gasteiger partial charge is 0.294 e. The Morgan fingerprint density at radius 1 is 1.33 bits per heavy atom. The van der Waals surface area contributed by atoms with E-state index in [0.717, 1.165) is 17.5 Å². The van der Waals surface area contributed by atoms with E-state index >= 15 is 0 Å². The molecule has 0 saturated carbocycles. The van der Waals surface area contributed by atoms with Crippen LogP contribution < -0.4 is 0 Å². The summed E-state index contributed by atoms with van der Waals surface area (Å²) in [6.07, 6.45) is 1.27. The maximum atomic E-state index is 13.6. The molecule has 0 heterocycles. The molecule has 1 aliphatic rings. The lowest BCUT2D eigenvalue weighted by Crippen LogP contribution is -2.29. The minimum Gasteiger partial charge on any atom is -0.294 e. The van der Waals surface area contributed by atoms with Gasteiger partial charge >= 0.3 is 0 Å². The highest BCUT2D eigenvalue weighted by molar-refractivity contribution is 5.99. The molecule has 0 unspecified atom stereocenters. The summed E-state index contributed by atoms with van der Waals surface area (Å²) >= 11 is 0. The third-order valence-corrected chi connectivity index (χ3v) is 3.30. The van der Waals surface area contributed by atoms with Crippen molar-refractivity contribution < 1.29 is 9.18 Å². The Hall–Kier alpha value is -1.18. The van der Waals surface area contributed by atoms with Crippen LogP contribution in [-0.4, -0.2) is 5.78 Å². The number of carbonyl (C=O) groups is 1. The lowest BCUT2D eigenvalue weighted by molar-refractivity contribution is 0.0951. The molecule has 0 atom stereocenters. The van der Waals surface area contributed by atoms with E-state index in [-0.39, 0.29) is 17.0 Å². The van der Waals surface area contributed by atoms with E-state index in [1.807, 2.05) is 6.92 Å². The summed E-state index contributed by atoms with van der Waals surface area (Å²) in [6.45, 7) is 6.09. The first-order chi connectivity index (χ1) is 6.93. The lowest BCUT2D eigenvalue weighted by atomic mass is 9.70. The van der Waals surface area contributed by atoms with E-state index in [2.05, 4.69) is 13.8 Å². The molecule has 0 bridgehead atoms. The number of Topliss-reactive ketones (excluding diaryl/α,β-unsaturated/α-hetero) is 1. The van der Waals surface area contributed by atoms with E-state index in [9.17, 15) is 9.18 Å². The van der Waals surface area contributed by atoms with Crippen LogP contribution in [0.1, 0.15) is 48.2 Å². The van der Waals surface area contributed by atoms with Crippen molar-refractivity contribution in [2.45, 2.75) is 39.0 Å². The van der Waals surface area contributed by atoms with Crippen molar-refractivity contribution in [2.75, 3.05) is 0 Å². The fourth-order valence-electron chi connectivity index (χ4n) is 2.50. The van der Waals surface area contributed by atoms with E-state index in [0.29, 0.717) is 12.0 Å². The van der Waals surface area contributed by atoms with E-state index in [1.54, 1.807) is 6.07 Å². The Bertz CT molecular complexity index is 432. The Balaban J connectivity index is 2.77. The fraction of sp³-hybridized carbons (Fsp3) is 0.462. The molecular formula is C13H15FO. The standard InChI is InChI=1S/C13H15FO/c1-8-4-5-9(14)11-10(15)6-7-13(2,3)12(8)11/h4-5H,6-7H2,1-3H3. The Labute approximate surface area is 89.3 Å². The van der Waals surface area contributed by atoms with Crippen LogP contribution in [0.15, 0.2) is 12.1 Å². The van der Waals surface area contributed by atoms with E-state index < -0.39 is 0 Å². The minimum atomic E-state index is -0.367. The molecule has 1 aliphatic carbocycles. The van der Waals surface area contributed by atoms with Crippen LogP contribution in [0.2, 0.25) is 0 Å². The number of fused-ring (bicyclic) bond motifs is 1. The SMILES string of the molecule is Cc1ccc(F)c2c1C(C)(C)CCC2=O. The first-order valence-electron chi connectivity index (χ1n) is 5.26. The average molecular weight is 206 g/mol. The molecule has 15 heavy (non-hydrogen) atoms. The van der Waals surface area contributed by atoms with Crippen LogP contribution in [0, 0.1) is 12.7 Å². The monoisotopic (exact) mass is 206 g/mol. The van der Waals surface area contributed by atoms with Gasteiger partial charge < -0.3 is 0 Å². The molecule has 0 radical (unpaired) electrons. The zero-order valence-electron chi connectivity index (χ0n) is 9.36. The topological polar surface area (TPSA) is 17.1 Å². The highest BCUT2D eigenvalue weighted by atomic mass is 19.1. The van der Waals surface area contributed by atoms with Crippen LogP contribution in [0.3, 0.4) is 0 Å². The molecule has 80 valence electrons. The van der Waals surface area contributed by atoms with Gasteiger partial charge in [-0.1, -0.05) is 19.9 Å². The zero-order valence-corrected chi connectivity index (χ0v) is 9.36. The van der Waals surface area contributed by atoms with Gasteiger partial charge in [0.05, 0.1) is 5.56 Å². The second-order valence-electron chi connectivity index (χ2n) is 4.92. The number of hydrogen-bond donors (Lipinski definition) is 0. The quantitative estimate of drug-likeness (QED) is 0.636. The number of hydrogen-bond acceptors (Lipinski definition) is 1. The third-order valence-electron chi connectivity index (χ3n) is 3.30. The molecular weight excluding hydrogens is 191 g/mol. The van der Waals surface area contributed by atoms with Gasteiger partial charge in [0.15, 0.2) is 5.78 Å². The third kappa shape index (κ3) is 1.48. The number of benzene rings is 1. The summed E-state index contributed by atoms with van der Waals surface area (Å²) in [5.41, 5.74) is 2.16. The second kappa shape index (κ2) is 3.16. The van der Waals surface area contributed by atoms with Crippen LogP contribution in [0.5, 0.6) is 0 Å². The number of rotatable bonds is 0. The number of ketones is 1. The minimum absolute atomic E-state index is 0.0504. The molecule has 1 aromatic carbocycles. The molecule has 0 aromatic heterocycles. The molecule has 0 N–H and O–H groups in total. The fourth-order valence-corrected chi connectivity index (χ4v) is 2.50. The van der Waals surface area contributed by atoms with Crippen molar-refractivity contribution >= 4 is 5.78 Å². The lowest BCUT2D eigenvalue weighted by Gasteiger charge is -2.33. The van der Waals surface area contributed by atoms with Crippen molar-refractivity contribution in [3.63, 3.8) is 0 Å². The Morgan fingerprint density at radius 3 is 2.60 bits per heavy atom. The number of aryl methyl sites for hydroxylation is 1. The maximum absolute atomic E-state index is 13.6. The van der Waals surface area contributed by atoms with Crippen molar-refractivity contribution in [3.05, 3.63) is 34.6 Å².